The van der Waals surface area contributed by atoms with Crippen LogP contribution in [-0.2, 0) is 48.0 Å². The van der Waals surface area contributed by atoms with E-state index in [4.69, 9.17) is 37.2 Å². The van der Waals surface area contributed by atoms with Gasteiger partial charge < -0.3 is 14.0 Å². The van der Waals surface area contributed by atoms with Crippen LogP contribution in [0.4, 0.5) is 0 Å². The van der Waals surface area contributed by atoms with Crippen LogP contribution in [0.2, 0.25) is 10.0 Å². The number of hydrogen-bond donors (Lipinski definition) is 1. The van der Waals surface area contributed by atoms with Crippen LogP contribution in [0.25, 0.3) is 0 Å². The van der Waals surface area contributed by atoms with Gasteiger partial charge in [0.05, 0.1) is 17.3 Å². The molecule has 0 bridgehead atoms. The highest BCUT2D eigenvalue weighted by molar-refractivity contribution is 7.90. The average Bonchev–Trinajstić information content (AvgIpc) is 3.05. The molecule has 4 rings (SSSR count). The highest BCUT2D eigenvalue weighted by Gasteiger charge is 2.24. The van der Waals surface area contributed by atoms with E-state index in [9.17, 15) is 17.8 Å². The van der Waals surface area contributed by atoms with Gasteiger partial charge in [-0.25, -0.2) is 8.42 Å². The van der Waals surface area contributed by atoms with Crippen LogP contribution in [0.15, 0.2) is 95.9 Å². The van der Waals surface area contributed by atoms with Crippen LogP contribution in [0, 0.1) is 11.6 Å². The van der Waals surface area contributed by atoms with E-state index in [0.29, 0.717) is 27.7 Å². The van der Waals surface area contributed by atoms with Gasteiger partial charge in [-0.05, 0) is 65.7 Å². The molecule has 2 atom stereocenters. The molecule has 0 aliphatic carbocycles. The second-order valence-electron chi connectivity index (χ2n) is 10.2. The third kappa shape index (κ3) is 9.46. The second kappa shape index (κ2) is 15.8. The van der Waals surface area contributed by atoms with Crippen molar-refractivity contribution in [2.45, 2.75) is 30.5 Å². The first kappa shape index (κ1) is 35.2. The number of sulfone groups is 1. The van der Waals surface area contributed by atoms with Crippen molar-refractivity contribution in [2.75, 3.05) is 20.5 Å². The summed E-state index contributed by atoms with van der Waals surface area (Å²) in [6.07, 6.45) is 1.27. The molecule has 0 saturated heterocycles. The van der Waals surface area contributed by atoms with E-state index in [-0.39, 0.29) is 34.5 Å². The summed E-state index contributed by atoms with van der Waals surface area (Å²) in [6, 6.07) is 24.6. The topological polar surface area (TPSA) is 108 Å². The number of rotatable bonds is 12. The van der Waals surface area contributed by atoms with Crippen molar-refractivity contribution in [3.63, 3.8) is 0 Å². The standard InChI is InChI=1S/C34H32Cl2NO7PS/c1-42-27-12-8-13-28(21-27)45(39,43-2)16-15-26-18-31(35)30(32(36)19-26)22-37-33(34(38)44-23-24-9-5-4-6-10-24)20-25-11-7-14-29(17-25)46(3,40)41/h4-14,17-19,21,33,37H,20,22-23H2,1-3H3/t33-,45?/m0/s1. The predicted molar refractivity (Wildman–Crippen MR) is 181 cm³/mol. The van der Waals surface area contributed by atoms with Gasteiger partial charge in [0.15, 0.2) is 9.84 Å². The van der Waals surface area contributed by atoms with Gasteiger partial charge in [-0.1, -0.05) is 77.7 Å². The van der Waals surface area contributed by atoms with Crippen LogP contribution in [-0.4, -0.2) is 40.9 Å². The van der Waals surface area contributed by atoms with Gasteiger partial charge in [0.2, 0.25) is 0 Å². The molecule has 4 aromatic rings. The third-order valence-electron chi connectivity index (χ3n) is 6.94. The molecule has 0 aliphatic rings. The van der Waals surface area contributed by atoms with Crippen molar-refractivity contribution in [2.24, 2.45) is 0 Å². The Labute approximate surface area is 279 Å². The van der Waals surface area contributed by atoms with Crippen LogP contribution < -0.4 is 15.4 Å². The number of esters is 1. The Morgan fingerprint density at radius 1 is 0.913 bits per heavy atom. The van der Waals surface area contributed by atoms with Crippen LogP contribution in [0.1, 0.15) is 22.3 Å². The monoisotopic (exact) mass is 699 g/mol. The van der Waals surface area contributed by atoms with Crippen LogP contribution >= 0.6 is 30.6 Å². The summed E-state index contributed by atoms with van der Waals surface area (Å²) in [7, 11) is -4.16. The van der Waals surface area contributed by atoms with Crippen LogP contribution in [0.3, 0.4) is 0 Å². The molecule has 46 heavy (non-hydrogen) atoms. The van der Waals surface area contributed by atoms with Crippen molar-refractivity contribution in [1.29, 1.82) is 0 Å². The summed E-state index contributed by atoms with van der Waals surface area (Å²) in [4.78, 5) is 13.4. The minimum Gasteiger partial charge on any atom is -0.497 e. The summed E-state index contributed by atoms with van der Waals surface area (Å²) in [5.74, 6) is 2.84. The number of ether oxygens (including phenoxy) is 2. The van der Waals surface area contributed by atoms with E-state index in [2.05, 4.69) is 16.9 Å². The highest BCUT2D eigenvalue weighted by atomic mass is 35.5. The third-order valence-corrected chi connectivity index (χ3v) is 10.6. The lowest BCUT2D eigenvalue weighted by Gasteiger charge is -2.19. The van der Waals surface area contributed by atoms with E-state index in [1.807, 2.05) is 30.3 Å². The Hall–Kier alpha value is -3.61. The van der Waals surface area contributed by atoms with E-state index >= 15 is 0 Å². The minimum atomic E-state index is -3.54. The highest BCUT2D eigenvalue weighted by Crippen LogP contribution is 2.44. The zero-order valence-corrected chi connectivity index (χ0v) is 28.6. The lowest BCUT2D eigenvalue weighted by Crippen LogP contribution is -2.39. The fraction of sp³-hybridized carbons (Fsp3) is 0.206. The SMILES string of the molecule is COc1cccc(P(=O)(C#Cc2cc(Cl)c(CN[C@@H](Cc3cccc(S(C)(=O)=O)c3)C(=O)OCc3ccccc3)c(Cl)c2)OC)c1. The largest absolute Gasteiger partial charge is 0.497 e. The van der Waals surface area contributed by atoms with E-state index in [0.717, 1.165) is 11.8 Å². The first-order valence-corrected chi connectivity index (χ1v) is 18.2. The molecule has 0 heterocycles. The molecule has 4 aromatic carbocycles. The van der Waals surface area contributed by atoms with Crippen molar-refractivity contribution in [1.82, 2.24) is 5.32 Å². The van der Waals surface area contributed by atoms with Crippen molar-refractivity contribution in [3.8, 4) is 17.3 Å². The maximum Gasteiger partial charge on any atom is 0.323 e. The molecule has 12 heteroatoms. The molecular weight excluding hydrogens is 668 g/mol. The van der Waals surface area contributed by atoms with Crippen molar-refractivity contribution in [3.05, 3.63) is 123 Å². The van der Waals surface area contributed by atoms with Crippen LogP contribution in [0.5, 0.6) is 5.75 Å². The first-order valence-electron chi connectivity index (χ1n) is 14.0. The summed E-state index contributed by atoms with van der Waals surface area (Å²) in [5.41, 5.74) is 5.09. The van der Waals surface area contributed by atoms with E-state index < -0.39 is 29.2 Å². The fourth-order valence-corrected chi connectivity index (χ4v) is 7.02. The number of halogens is 2. The van der Waals surface area contributed by atoms with Crippen molar-refractivity contribution >= 4 is 51.7 Å². The Kier molecular flexibility index (Phi) is 12.1. The fourth-order valence-electron chi connectivity index (χ4n) is 4.42. The number of carbonyl (C=O) groups is 1. The van der Waals surface area contributed by atoms with Gasteiger partial charge in [0.25, 0.3) is 0 Å². The van der Waals surface area contributed by atoms with Gasteiger partial charge in [0.1, 0.15) is 18.4 Å². The minimum absolute atomic E-state index is 0.0667. The Morgan fingerprint density at radius 3 is 2.24 bits per heavy atom. The summed E-state index contributed by atoms with van der Waals surface area (Å²) >= 11 is 13.2. The average molecular weight is 701 g/mol. The summed E-state index contributed by atoms with van der Waals surface area (Å²) in [5, 5.41) is 4.10. The summed E-state index contributed by atoms with van der Waals surface area (Å²) in [6.45, 7) is 0.153. The van der Waals surface area contributed by atoms with Gasteiger partial charge >= 0.3 is 13.3 Å². The second-order valence-corrected chi connectivity index (χ2v) is 15.3. The Balaban J connectivity index is 1.55. The lowest BCUT2D eigenvalue weighted by molar-refractivity contribution is -0.147. The molecule has 8 nitrogen and oxygen atoms in total. The molecule has 0 aliphatic heterocycles. The lowest BCUT2D eigenvalue weighted by atomic mass is 10.1. The summed E-state index contributed by atoms with van der Waals surface area (Å²) < 4.78 is 53.8. The zero-order valence-electron chi connectivity index (χ0n) is 25.3. The normalized spacial score (nSPS) is 13.2. The number of nitrogens with one attached hydrogen (secondary N) is 1. The smallest absolute Gasteiger partial charge is 0.323 e. The van der Waals surface area contributed by atoms with Gasteiger partial charge in [0, 0.05) is 41.1 Å². The maximum atomic E-state index is 13.5. The number of methoxy groups -OCH3 is 1. The molecule has 0 fully saturated rings. The Morgan fingerprint density at radius 2 is 1.59 bits per heavy atom. The molecule has 1 unspecified atom stereocenters. The maximum absolute atomic E-state index is 13.5. The molecular formula is C34H32Cl2NO7PS. The number of benzene rings is 4. The molecule has 240 valence electrons. The molecule has 0 spiro atoms. The van der Waals surface area contributed by atoms with Gasteiger partial charge in [-0.15, -0.1) is 0 Å². The quantitative estimate of drug-likeness (QED) is 0.103. The van der Waals surface area contributed by atoms with Gasteiger partial charge in [-0.3, -0.25) is 14.7 Å². The Bertz CT molecular complexity index is 1900. The van der Waals surface area contributed by atoms with Gasteiger partial charge in [-0.2, -0.15) is 0 Å². The van der Waals surface area contributed by atoms with E-state index in [1.54, 1.807) is 48.5 Å². The molecule has 1 N–H and O–H groups in total. The number of hydrogen-bond acceptors (Lipinski definition) is 8. The first-order chi connectivity index (χ1) is 21.9. The zero-order chi connectivity index (χ0) is 33.3. The molecule has 0 saturated carbocycles. The van der Waals surface area contributed by atoms with E-state index in [1.165, 1.54) is 26.4 Å². The number of carbonyl (C=O) groups excluding carboxylic acids is 1. The predicted octanol–water partition coefficient (Wildman–Crippen LogP) is 6.41. The molecule has 0 amide bonds. The molecule has 0 aromatic heterocycles. The molecule has 0 radical (unpaired) electrons. The van der Waals surface area contributed by atoms with Crippen molar-refractivity contribution < 1.29 is 31.8 Å².